The Morgan fingerprint density at radius 1 is 1.38 bits per heavy atom. The molecule has 0 atom stereocenters. The molecule has 0 aliphatic rings. The minimum absolute atomic E-state index is 0.0154. The maximum atomic E-state index is 12.2. The fraction of sp³-hybridized carbons (Fsp3) is 0.385. The summed E-state index contributed by atoms with van der Waals surface area (Å²) in [5.41, 5.74) is 2.05. The molecule has 1 aromatic carbocycles. The summed E-state index contributed by atoms with van der Waals surface area (Å²) in [4.78, 5) is 13.9. The molecule has 86 valence electrons. The number of carbonyl (C=O) groups is 1. The van der Waals surface area contributed by atoms with Crippen LogP contribution in [0.25, 0.3) is 0 Å². The smallest absolute Gasteiger partial charge is 0.255 e. The number of hydrogen-bond acceptors (Lipinski definition) is 2. The first-order chi connectivity index (χ1) is 7.63. The lowest BCUT2D eigenvalue weighted by molar-refractivity contribution is 0.0774. The third-order valence-corrected chi connectivity index (χ3v) is 2.59. The summed E-state index contributed by atoms with van der Waals surface area (Å²) in [6, 6.07) is 5.32. The van der Waals surface area contributed by atoms with Crippen molar-refractivity contribution in [3.63, 3.8) is 0 Å². The molecule has 1 rings (SSSR count). The predicted molar refractivity (Wildman–Crippen MR) is 66.6 cm³/mol. The number of hydrogen-bond donors (Lipinski definition) is 1. The molecule has 0 fully saturated rings. The number of amides is 1. The van der Waals surface area contributed by atoms with E-state index in [2.05, 4.69) is 5.32 Å². The highest BCUT2D eigenvalue weighted by Crippen LogP contribution is 2.18. The second-order valence-corrected chi connectivity index (χ2v) is 3.53. The van der Waals surface area contributed by atoms with Gasteiger partial charge in [0, 0.05) is 25.8 Å². The monoisotopic (exact) mass is 218 g/mol. The van der Waals surface area contributed by atoms with E-state index in [-0.39, 0.29) is 5.91 Å². The maximum absolute atomic E-state index is 12.2. The summed E-state index contributed by atoms with van der Waals surface area (Å²) in [5, 5.41) is 3.00. The Morgan fingerprint density at radius 2 is 2.00 bits per heavy atom. The van der Waals surface area contributed by atoms with Gasteiger partial charge in [-0.25, -0.2) is 0 Å². The number of rotatable bonds is 4. The van der Waals surface area contributed by atoms with E-state index in [9.17, 15) is 4.79 Å². The number of anilines is 1. The number of nitrogens with one attached hydrogen (secondary N) is 1. The van der Waals surface area contributed by atoms with Gasteiger partial charge in [0.2, 0.25) is 0 Å². The number of nitrogens with zero attached hydrogens (tertiary/aromatic N) is 1. The molecule has 0 unspecified atom stereocenters. The molecule has 0 saturated heterocycles. The first kappa shape index (κ1) is 12.6. The van der Waals surface area contributed by atoms with Gasteiger partial charge < -0.3 is 10.2 Å². The fourth-order valence-electron chi connectivity index (χ4n) is 1.64. The average molecular weight is 218 g/mol. The first-order valence-electron chi connectivity index (χ1n) is 5.50. The molecule has 3 heteroatoms. The molecular weight excluding hydrogens is 200 g/mol. The molecule has 3 nitrogen and oxygen atoms in total. The van der Waals surface area contributed by atoms with Crippen LogP contribution >= 0.6 is 0 Å². The van der Waals surface area contributed by atoms with Crippen LogP contribution in [0.5, 0.6) is 0 Å². The fourth-order valence-corrected chi connectivity index (χ4v) is 1.64. The molecule has 0 aliphatic heterocycles. The summed E-state index contributed by atoms with van der Waals surface area (Å²) < 4.78 is 0. The Morgan fingerprint density at radius 3 is 2.50 bits per heavy atom. The third kappa shape index (κ3) is 2.54. The van der Waals surface area contributed by atoms with Gasteiger partial charge in [0.1, 0.15) is 0 Å². The predicted octanol–water partition coefficient (Wildman–Crippen LogP) is 2.27. The molecule has 2 radical (unpaired) electrons. The molecule has 1 amide bonds. The SMILES string of the molecule is [CH]c1ccc(NC)c(C(=O)N(CC)CC)c1. The first-order valence-corrected chi connectivity index (χ1v) is 5.50. The van der Waals surface area contributed by atoms with Crippen molar-refractivity contribution in [2.75, 3.05) is 25.5 Å². The molecule has 0 aliphatic carbocycles. The lowest BCUT2D eigenvalue weighted by Crippen LogP contribution is -2.31. The zero-order valence-corrected chi connectivity index (χ0v) is 10.1. The average Bonchev–Trinajstić information content (AvgIpc) is 2.30. The zero-order valence-electron chi connectivity index (χ0n) is 10.1. The van der Waals surface area contributed by atoms with Crippen LogP contribution in [-0.4, -0.2) is 30.9 Å². The molecule has 1 N–H and O–H groups in total. The van der Waals surface area contributed by atoms with Gasteiger partial charge in [-0.15, -0.1) is 0 Å². The second kappa shape index (κ2) is 5.54. The van der Waals surface area contributed by atoms with Crippen LogP contribution in [0.3, 0.4) is 0 Å². The van der Waals surface area contributed by atoms with Crippen LogP contribution in [0.15, 0.2) is 18.2 Å². The van der Waals surface area contributed by atoms with E-state index >= 15 is 0 Å². The van der Waals surface area contributed by atoms with Crippen molar-refractivity contribution >= 4 is 11.6 Å². The van der Waals surface area contributed by atoms with Gasteiger partial charge in [-0.1, -0.05) is 6.07 Å². The van der Waals surface area contributed by atoms with E-state index in [0.29, 0.717) is 24.2 Å². The van der Waals surface area contributed by atoms with Crippen LogP contribution in [0.4, 0.5) is 5.69 Å². The highest BCUT2D eigenvalue weighted by Gasteiger charge is 2.15. The van der Waals surface area contributed by atoms with Crippen LogP contribution in [0.2, 0.25) is 0 Å². The molecule has 0 bridgehead atoms. The van der Waals surface area contributed by atoms with E-state index in [1.807, 2.05) is 19.9 Å². The maximum Gasteiger partial charge on any atom is 0.255 e. The largest absolute Gasteiger partial charge is 0.387 e. The van der Waals surface area contributed by atoms with Gasteiger partial charge >= 0.3 is 0 Å². The lowest BCUT2D eigenvalue weighted by Gasteiger charge is -2.20. The van der Waals surface area contributed by atoms with Crippen LogP contribution in [0, 0.1) is 6.92 Å². The topological polar surface area (TPSA) is 32.3 Å². The van der Waals surface area contributed by atoms with Gasteiger partial charge in [0.15, 0.2) is 0 Å². The van der Waals surface area contributed by atoms with Gasteiger partial charge in [-0.3, -0.25) is 4.79 Å². The van der Waals surface area contributed by atoms with Crippen molar-refractivity contribution < 1.29 is 4.79 Å². The van der Waals surface area contributed by atoms with Gasteiger partial charge in [0.25, 0.3) is 5.91 Å². The third-order valence-electron chi connectivity index (χ3n) is 2.59. The van der Waals surface area contributed by atoms with E-state index in [0.717, 1.165) is 5.69 Å². The van der Waals surface area contributed by atoms with Crippen molar-refractivity contribution in [1.29, 1.82) is 0 Å². The molecule has 16 heavy (non-hydrogen) atoms. The molecule has 0 heterocycles. The number of benzene rings is 1. The molecule has 0 aromatic heterocycles. The Bertz CT molecular complexity index is 370. The van der Waals surface area contributed by atoms with Gasteiger partial charge in [-0.2, -0.15) is 0 Å². The Kier molecular flexibility index (Phi) is 4.35. The van der Waals surface area contributed by atoms with Crippen molar-refractivity contribution in [3.8, 4) is 0 Å². The Balaban J connectivity index is 3.10. The van der Waals surface area contributed by atoms with Crippen molar-refractivity contribution in [2.45, 2.75) is 13.8 Å². The van der Waals surface area contributed by atoms with E-state index in [1.54, 1.807) is 24.1 Å². The summed E-state index contributed by atoms with van der Waals surface area (Å²) in [6.45, 7) is 11.0. The summed E-state index contributed by atoms with van der Waals surface area (Å²) >= 11 is 0. The van der Waals surface area contributed by atoms with Gasteiger partial charge in [-0.05, 0) is 38.5 Å². The van der Waals surface area contributed by atoms with Crippen LogP contribution in [0.1, 0.15) is 29.8 Å². The molecular formula is C13H18N2O. The second-order valence-electron chi connectivity index (χ2n) is 3.53. The summed E-state index contributed by atoms with van der Waals surface area (Å²) in [7, 11) is 1.80. The molecule has 0 saturated carbocycles. The molecule has 0 spiro atoms. The Hall–Kier alpha value is -1.51. The minimum Gasteiger partial charge on any atom is -0.387 e. The van der Waals surface area contributed by atoms with E-state index in [1.165, 1.54) is 0 Å². The number of carbonyl (C=O) groups excluding carboxylic acids is 1. The zero-order chi connectivity index (χ0) is 12.1. The quantitative estimate of drug-likeness (QED) is 0.840. The lowest BCUT2D eigenvalue weighted by atomic mass is 10.1. The van der Waals surface area contributed by atoms with Crippen molar-refractivity contribution in [1.82, 2.24) is 4.90 Å². The molecule has 1 aromatic rings. The van der Waals surface area contributed by atoms with Crippen molar-refractivity contribution in [3.05, 3.63) is 36.2 Å². The van der Waals surface area contributed by atoms with E-state index < -0.39 is 0 Å². The highest BCUT2D eigenvalue weighted by atomic mass is 16.2. The summed E-state index contributed by atoms with van der Waals surface area (Å²) in [6.07, 6.45) is 0. The standard InChI is InChI=1S/C13H18N2O/c1-5-15(6-2)13(16)11-9-10(3)7-8-12(11)14-4/h3,7-9,14H,5-6H2,1-2,4H3. The van der Waals surface area contributed by atoms with Crippen LogP contribution < -0.4 is 5.32 Å². The normalized spacial score (nSPS) is 10.0. The minimum atomic E-state index is 0.0154. The van der Waals surface area contributed by atoms with E-state index in [4.69, 9.17) is 6.92 Å². The highest BCUT2D eigenvalue weighted by molar-refractivity contribution is 5.99. The Labute approximate surface area is 97.5 Å². The van der Waals surface area contributed by atoms with Gasteiger partial charge in [0.05, 0.1) is 5.56 Å². The van der Waals surface area contributed by atoms with Crippen LogP contribution in [-0.2, 0) is 0 Å². The van der Waals surface area contributed by atoms with Crippen molar-refractivity contribution in [2.24, 2.45) is 0 Å². The summed E-state index contributed by atoms with van der Waals surface area (Å²) in [5.74, 6) is 0.0154.